The third-order valence-electron chi connectivity index (χ3n) is 5.96. The van der Waals surface area contributed by atoms with Crippen molar-refractivity contribution in [2.75, 3.05) is 13.2 Å². The SMILES string of the molecule is CCCCCCCC(=O)NC(COC1OC(CO)C(O)C(O)C1O)C(O)CCCCCC. The Morgan fingerprint density at radius 2 is 1.56 bits per heavy atom. The van der Waals surface area contributed by atoms with Crippen molar-refractivity contribution in [1.29, 1.82) is 0 Å². The van der Waals surface area contributed by atoms with Gasteiger partial charge in [-0.15, -0.1) is 0 Å². The van der Waals surface area contributed by atoms with Crippen LogP contribution in [0.25, 0.3) is 0 Å². The summed E-state index contributed by atoms with van der Waals surface area (Å²) < 4.78 is 10.9. The molecular weight excluding hydrogens is 418 g/mol. The van der Waals surface area contributed by atoms with Crippen LogP contribution in [0.1, 0.15) is 84.5 Å². The standard InChI is InChI=1S/C23H45NO8/c1-3-5-7-9-11-13-19(27)24-16(17(26)12-10-8-6-4-2)15-31-23-22(30)21(29)20(28)18(14-25)32-23/h16-18,20-23,25-26,28-30H,3-15H2,1-2H3,(H,24,27). The molecule has 0 spiro atoms. The fraction of sp³-hybridized carbons (Fsp3) is 0.957. The lowest BCUT2D eigenvalue weighted by molar-refractivity contribution is -0.302. The van der Waals surface area contributed by atoms with Crippen LogP contribution in [0.2, 0.25) is 0 Å². The molecule has 32 heavy (non-hydrogen) atoms. The van der Waals surface area contributed by atoms with Crippen molar-refractivity contribution in [3.05, 3.63) is 0 Å². The fourth-order valence-corrected chi connectivity index (χ4v) is 3.80. The number of ether oxygens (including phenoxy) is 2. The summed E-state index contributed by atoms with van der Waals surface area (Å²) in [4.78, 5) is 12.4. The fourth-order valence-electron chi connectivity index (χ4n) is 3.80. The van der Waals surface area contributed by atoms with Gasteiger partial charge in [-0.3, -0.25) is 4.79 Å². The summed E-state index contributed by atoms with van der Waals surface area (Å²) >= 11 is 0. The second kappa shape index (κ2) is 16.7. The summed E-state index contributed by atoms with van der Waals surface area (Å²) in [5.41, 5.74) is 0. The molecule has 1 fully saturated rings. The molecule has 7 atom stereocenters. The van der Waals surface area contributed by atoms with Crippen molar-refractivity contribution in [2.24, 2.45) is 0 Å². The molecule has 0 bridgehead atoms. The molecule has 0 radical (unpaired) electrons. The number of amides is 1. The van der Waals surface area contributed by atoms with Gasteiger partial charge in [0.15, 0.2) is 6.29 Å². The predicted molar refractivity (Wildman–Crippen MR) is 120 cm³/mol. The van der Waals surface area contributed by atoms with Crippen LogP contribution in [0.5, 0.6) is 0 Å². The lowest BCUT2D eigenvalue weighted by atomic mass is 9.99. The van der Waals surface area contributed by atoms with Crippen LogP contribution in [0.3, 0.4) is 0 Å². The maximum absolute atomic E-state index is 12.4. The van der Waals surface area contributed by atoms with Crippen LogP contribution in [0, 0.1) is 0 Å². The van der Waals surface area contributed by atoms with E-state index < -0.39 is 49.5 Å². The van der Waals surface area contributed by atoms with Gasteiger partial charge in [-0.2, -0.15) is 0 Å². The second-order valence-corrected chi connectivity index (χ2v) is 8.79. The minimum absolute atomic E-state index is 0.140. The number of hydrogen-bond donors (Lipinski definition) is 6. The minimum Gasteiger partial charge on any atom is -0.394 e. The van der Waals surface area contributed by atoms with Crippen molar-refractivity contribution < 1.29 is 39.8 Å². The molecule has 1 aliphatic rings. The highest BCUT2D eigenvalue weighted by Gasteiger charge is 2.44. The van der Waals surface area contributed by atoms with E-state index in [1.807, 2.05) is 0 Å². The average molecular weight is 464 g/mol. The molecule has 6 N–H and O–H groups in total. The number of aliphatic hydroxyl groups is 5. The first-order valence-electron chi connectivity index (χ1n) is 12.2. The molecule has 0 aliphatic carbocycles. The maximum atomic E-state index is 12.4. The molecule has 1 saturated heterocycles. The van der Waals surface area contributed by atoms with E-state index in [2.05, 4.69) is 19.2 Å². The number of carbonyl (C=O) groups is 1. The van der Waals surface area contributed by atoms with E-state index in [-0.39, 0.29) is 12.5 Å². The topological polar surface area (TPSA) is 149 Å². The van der Waals surface area contributed by atoms with Crippen LogP contribution in [0.4, 0.5) is 0 Å². The van der Waals surface area contributed by atoms with Gasteiger partial charge in [-0.05, 0) is 12.8 Å². The first-order chi connectivity index (χ1) is 15.3. The van der Waals surface area contributed by atoms with E-state index in [0.717, 1.165) is 57.8 Å². The van der Waals surface area contributed by atoms with Crippen molar-refractivity contribution in [2.45, 2.75) is 127 Å². The summed E-state index contributed by atoms with van der Waals surface area (Å²) in [5.74, 6) is -0.170. The minimum atomic E-state index is -1.54. The van der Waals surface area contributed by atoms with Crippen LogP contribution in [-0.4, -0.2) is 87.5 Å². The molecule has 1 aliphatic heterocycles. The maximum Gasteiger partial charge on any atom is 0.220 e. The Labute approximate surface area is 192 Å². The first kappa shape index (κ1) is 29.2. The highest BCUT2D eigenvalue weighted by Crippen LogP contribution is 2.22. The van der Waals surface area contributed by atoms with Crippen molar-refractivity contribution in [1.82, 2.24) is 5.32 Å². The number of unbranched alkanes of at least 4 members (excludes halogenated alkanes) is 7. The molecular formula is C23H45NO8. The Kier molecular flexibility index (Phi) is 15.3. The third kappa shape index (κ3) is 10.4. The Hall–Kier alpha value is -0.810. The zero-order valence-electron chi connectivity index (χ0n) is 19.7. The van der Waals surface area contributed by atoms with Crippen molar-refractivity contribution in [3.63, 3.8) is 0 Å². The molecule has 1 heterocycles. The van der Waals surface area contributed by atoms with E-state index in [4.69, 9.17) is 9.47 Å². The number of rotatable bonds is 17. The van der Waals surface area contributed by atoms with Crippen LogP contribution in [0.15, 0.2) is 0 Å². The molecule has 9 nitrogen and oxygen atoms in total. The summed E-state index contributed by atoms with van der Waals surface area (Å²) in [5, 5.41) is 52.8. The summed E-state index contributed by atoms with van der Waals surface area (Å²) in [6.07, 6.45) is 2.20. The normalized spacial score (nSPS) is 27.8. The van der Waals surface area contributed by atoms with E-state index in [0.29, 0.717) is 12.8 Å². The van der Waals surface area contributed by atoms with E-state index in [9.17, 15) is 30.3 Å². The van der Waals surface area contributed by atoms with Crippen molar-refractivity contribution >= 4 is 5.91 Å². The lowest BCUT2D eigenvalue weighted by Gasteiger charge is -2.40. The Morgan fingerprint density at radius 1 is 0.938 bits per heavy atom. The molecule has 1 amide bonds. The molecule has 190 valence electrons. The third-order valence-corrected chi connectivity index (χ3v) is 5.96. The number of carbonyl (C=O) groups excluding carboxylic acids is 1. The summed E-state index contributed by atoms with van der Waals surface area (Å²) in [6, 6.07) is -0.702. The Bertz CT molecular complexity index is 493. The van der Waals surface area contributed by atoms with Gasteiger partial charge in [-0.1, -0.05) is 65.2 Å². The average Bonchev–Trinajstić information content (AvgIpc) is 2.78. The van der Waals surface area contributed by atoms with Gasteiger partial charge in [-0.25, -0.2) is 0 Å². The van der Waals surface area contributed by atoms with Crippen LogP contribution >= 0.6 is 0 Å². The quantitative estimate of drug-likeness (QED) is 0.175. The van der Waals surface area contributed by atoms with Gasteiger partial charge in [0.05, 0.1) is 25.4 Å². The highest BCUT2D eigenvalue weighted by atomic mass is 16.7. The van der Waals surface area contributed by atoms with Gasteiger partial charge in [0, 0.05) is 6.42 Å². The largest absolute Gasteiger partial charge is 0.394 e. The molecule has 9 heteroatoms. The number of nitrogens with one attached hydrogen (secondary N) is 1. The van der Waals surface area contributed by atoms with E-state index in [1.54, 1.807) is 0 Å². The predicted octanol–water partition coefficient (Wildman–Crippen LogP) is 0.980. The summed E-state index contributed by atoms with van der Waals surface area (Å²) in [6.45, 7) is 3.55. The summed E-state index contributed by atoms with van der Waals surface area (Å²) in [7, 11) is 0. The lowest BCUT2D eigenvalue weighted by Crippen LogP contribution is -2.60. The van der Waals surface area contributed by atoms with E-state index >= 15 is 0 Å². The monoisotopic (exact) mass is 463 g/mol. The molecule has 7 unspecified atom stereocenters. The highest BCUT2D eigenvalue weighted by molar-refractivity contribution is 5.76. The van der Waals surface area contributed by atoms with Crippen molar-refractivity contribution in [3.8, 4) is 0 Å². The molecule has 0 aromatic carbocycles. The van der Waals surface area contributed by atoms with Gasteiger partial charge in [0.1, 0.15) is 24.4 Å². The van der Waals surface area contributed by atoms with Gasteiger partial charge in [0.25, 0.3) is 0 Å². The number of aliphatic hydroxyl groups excluding tert-OH is 5. The van der Waals surface area contributed by atoms with Gasteiger partial charge < -0.3 is 40.3 Å². The number of hydrogen-bond acceptors (Lipinski definition) is 8. The Balaban J connectivity index is 2.63. The van der Waals surface area contributed by atoms with Crippen LogP contribution in [-0.2, 0) is 14.3 Å². The molecule has 1 rings (SSSR count). The molecule has 0 saturated carbocycles. The zero-order valence-corrected chi connectivity index (χ0v) is 19.7. The molecule has 0 aromatic rings. The Morgan fingerprint density at radius 3 is 2.19 bits per heavy atom. The van der Waals surface area contributed by atoms with Gasteiger partial charge in [0.2, 0.25) is 5.91 Å². The first-order valence-corrected chi connectivity index (χ1v) is 12.2. The van der Waals surface area contributed by atoms with Gasteiger partial charge >= 0.3 is 0 Å². The van der Waals surface area contributed by atoms with E-state index in [1.165, 1.54) is 0 Å². The van der Waals surface area contributed by atoms with Crippen LogP contribution < -0.4 is 5.32 Å². The second-order valence-electron chi connectivity index (χ2n) is 8.79. The molecule has 0 aromatic heterocycles. The zero-order chi connectivity index (χ0) is 23.9. The smallest absolute Gasteiger partial charge is 0.220 e.